The van der Waals surface area contributed by atoms with Gasteiger partial charge in [-0.15, -0.1) is 0 Å². The first-order valence-electron chi connectivity index (χ1n) is 6.70. The molecule has 0 fully saturated rings. The Hall–Kier alpha value is -1.74. The summed E-state index contributed by atoms with van der Waals surface area (Å²) in [5, 5.41) is 3.46. The molecule has 3 heteroatoms. The molecule has 0 saturated heterocycles. The van der Waals surface area contributed by atoms with Crippen LogP contribution in [0.5, 0.6) is 0 Å². The quantitative estimate of drug-likeness (QED) is 0.892. The fraction of sp³-hybridized carbons (Fsp3) is 0.375. The summed E-state index contributed by atoms with van der Waals surface area (Å²) in [6.07, 6.45) is 3.77. The van der Waals surface area contributed by atoms with Crippen LogP contribution in [0.2, 0.25) is 0 Å². The van der Waals surface area contributed by atoms with Crippen LogP contribution >= 0.6 is 0 Å². The normalized spacial score (nSPS) is 12.4. The van der Waals surface area contributed by atoms with Gasteiger partial charge in [0.2, 0.25) is 0 Å². The average molecular weight is 255 g/mol. The van der Waals surface area contributed by atoms with Gasteiger partial charge in [0.25, 0.3) is 0 Å². The number of pyridine rings is 2. The van der Waals surface area contributed by atoms with Gasteiger partial charge in [0.05, 0.1) is 5.69 Å². The second-order valence-corrected chi connectivity index (χ2v) is 5.06. The Labute approximate surface area is 115 Å². The number of rotatable bonds is 5. The molecule has 2 heterocycles. The van der Waals surface area contributed by atoms with E-state index in [2.05, 4.69) is 48.2 Å². The van der Waals surface area contributed by atoms with Gasteiger partial charge in [-0.2, -0.15) is 0 Å². The van der Waals surface area contributed by atoms with Crippen molar-refractivity contribution in [1.29, 1.82) is 0 Å². The molecule has 2 aromatic heterocycles. The molecule has 0 aromatic carbocycles. The predicted octanol–water partition coefficient (Wildman–Crippen LogP) is 2.99. The summed E-state index contributed by atoms with van der Waals surface area (Å²) in [4.78, 5) is 8.85. The molecule has 100 valence electrons. The Morgan fingerprint density at radius 2 is 2.05 bits per heavy atom. The molecule has 0 aliphatic carbocycles. The number of aryl methyl sites for hydroxylation is 2. The first-order valence-corrected chi connectivity index (χ1v) is 6.70. The number of nitrogens with zero attached hydrogens (tertiary/aromatic N) is 2. The van der Waals surface area contributed by atoms with E-state index in [4.69, 9.17) is 0 Å². The lowest BCUT2D eigenvalue weighted by atomic mass is 10.1. The Morgan fingerprint density at radius 1 is 1.21 bits per heavy atom. The van der Waals surface area contributed by atoms with Crippen molar-refractivity contribution in [1.82, 2.24) is 15.3 Å². The van der Waals surface area contributed by atoms with Crippen LogP contribution in [0.3, 0.4) is 0 Å². The summed E-state index contributed by atoms with van der Waals surface area (Å²) in [5.41, 5.74) is 4.71. The van der Waals surface area contributed by atoms with Gasteiger partial charge in [-0.1, -0.05) is 19.1 Å². The largest absolute Gasteiger partial charge is 0.310 e. The molecule has 0 aliphatic heterocycles. The topological polar surface area (TPSA) is 37.8 Å². The summed E-state index contributed by atoms with van der Waals surface area (Å²) >= 11 is 0. The van der Waals surface area contributed by atoms with E-state index in [1.54, 1.807) is 0 Å². The zero-order chi connectivity index (χ0) is 13.7. The van der Waals surface area contributed by atoms with Gasteiger partial charge in [-0.05, 0) is 37.1 Å². The van der Waals surface area contributed by atoms with Crippen molar-refractivity contribution in [2.24, 2.45) is 0 Å². The monoisotopic (exact) mass is 255 g/mol. The fourth-order valence-electron chi connectivity index (χ4n) is 2.11. The standard InChI is InChI=1S/C16H21N3/c1-12-8-13(2)16(19-9-12)11-17-10-14(3)15-6-4-5-7-18-15/h4-9,14,17H,10-11H2,1-3H3. The van der Waals surface area contributed by atoms with E-state index in [9.17, 15) is 0 Å². The lowest BCUT2D eigenvalue weighted by molar-refractivity contribution is 0.597. The van der Waals surface area contributed by atoms with Crippen LogP contribution < -0.4 is 5.32 Å². The van der Waals surface area contributed by atoms with E-state index >= 15 is 0 Å². The minimum Gasteiger partial charge on any atom is -0.310 e. The number of aromatic nitrogens is 2. The molecule has 0 bridgehead atoms. The van der Waals surface area contributed by atoms with Crippen LogP contribution in [-0.4, -0.2) is 16.5 Å². The highest BCUT2D eigenvalue weighted by atomic mass is 14.9. The average Bonchev–Trinajstić information content (AvgIpc) is 2.42. The predicted molar refractivity (Wildman–Crippen MR) is 78.1 cm³/mol. The van der Waals surface area contributed by atoms with Crippen molar-refractivity contribution >= 4 is 0 Å². The van der Waals surface area contributed by atoms with E-state index < -0.39 is 0 Å². The summed E-state index contributed by atoms with van der Waals surface area (Å²) in [5.74, 6) is 0.409. The molecule has 0 amide bonds. The lowest BCUT2D eigenvalue weighted by Crippen LogP contribution is -2.21. The molecule has 2 rings (SSSR count). The first-order chi connectivity index (χ1) is 9.16. The molecule has 1 atom stereocenters. The third-order valence-electron chi connectivity index (χ3n) is 3.26. The highest BCUT2D eigenvalue weighted by Gasteiger charge is 2.06. The molecule has 2 aromatic rings. The second-order valence-electron chi connectivity index (χ2n) is 5.06. The van der Waals surface area contributed by atoms with Crippen LogP contribution in [-0.2, 0) is 6.54 Å². The van der Waals surface area contributed by atoms with Gasteiger partial charge in [0, 0.05) is 37.1 Å². The summed E-state index contributed by atoms with van der Waals surface area (Å²) in [7, 11) is 0. The Bertz CT molecular complexity index is 523. The van der Waals surface area contributed by atoms with E-state index in [0.717, 1.165) is 24.5 Å². The molecular formula is C16H21N3. The van der Waals surface area contributed by atoms with Crippen LogP contribution in [0.15, 0.2) is 36.7 Å². The SMILES string of the molecule is Cc1cnc(CNCC(C)c2ccccn2)c(C)c1. The fourth-order valence-corrected chi connectivity index (χ4v) is 2.11. The molecule has 0 spiro atoms. The summed E-state index contributed by atoms with van der Waals surface area (Å²) < 4.78 is 0. The van der Waals surface area contributed by atoms with Crippen molar-refractivity contribution in [3.05, 3.63) is 59.2 Å². The van der Waals surface area contributed by atoms with Crippen LogP contribution in [0, 0.1) is 13.8 Å². The molecule has 0 radical (unpaired) electrons. The Balaban J connectivity index is 1.86. The maximum absolute atomic E-state index is 4.47. The van der Waals surface area contributed by atoms with Crippen molar-refractivity contribution in [2.45, 2.75) is 33.2 Å². The van der Waals surface area contributed by atoms with Crippen molar-refractivity contribution in [2.75, 3.05) is 6.54 Å². The third kappa shape index (κ3) is 3.86. The molecule has 0 saturated carbocycles. The summed E-state index contributed by atoms with van der Waals surface area (Å²) in [6.45, 7) is 8.08. The second kappa shape index (κ2) is 6.43. The Morgan fingerprint density at radius 3 is 2.74 bits per heavy atom. The molecule has 1 unspecified atom stereocenters. The molecule has 3 nitrogen and oxygen atoms in total. The van der Waals surface area contributed by atoms with Gasteiger partial charge in [-0.25, -0.2) is 0 Å². The van der Waals surface area contributed by atoms with E-state index in [1.165, 1.54) is 11.1 Å². The van der Waals surface area contributed by atoms with Crippen LogP contribution in [0.1, 0.15) is 35.4 Å². The van der Waals surface area contributed by atoms with Gasteiger partial charge >= 0.3 is 0 Å². The maximum Gasteiger partial charge on any atom is 0.0570 e. The van der Waals surface area contributed by atoms with Gasteiger partial charge in [-0.3, -0.25) is 9.97 Å². The number of hydrogen-bond donors (Lipinski definition) is 1. The van der Waals surface area contributed by atoms with Gasteiger partial charge in [0.1, 0.15) is 0 Å². The van der Waals surface area contributed by atoms with E-state index in [0.29, 0.717) is 5.92 Å². The van der Waals surface area contributed by atoms with E-state index in [-0.39, 0.29) is 0 Å². The number of nitrogens with one attached hydrogen (secondary N) is 1. The highest BCUT2D eigenvalue weighted by Crippen LogP contribution is 2.11. The first kappa shape index (κ1) is 13.7. The van der Waals surface area contributed by atoms with Crippen molar-refractivity contribution < 1.29 is 0 Å². The minimum absolute atomic E-state index is 0.409. The molecule has 0 aliphatic rings. The van der Waals surface area contributed by atoms with E-state index in [1.807, 2.05) is 24.5 Å². The Kier molecular flexibility index (Phi) is 4.63. The minimum atomic E-state index is 0.409. The van der Waals surface area contributed by atoms with Crippen LogP contribution in [0.4, 0.5) is 0 Å². The van der Waals surface area contributed by atoms with Gasteiger partial charge < -0.3 is 5.32 Å². The zero-order valence-electron chi connectivity index (χ0n) is 11.9. The smallest absolute Gasteiger partial charge is 0.0570 e. The van der Waals surface area contributed by atoms with Crippen LogP contribution in [0.25, 0.3) is 0 Å². The highest BCUT2D eigenvalue weighted by molar-refractivity contribution is 5.23. The maximum atomic E-state index is 4.47. The van der Waals surface area contributed by atoms with Crippen molar-refractivity contribution in [3.63, 3.8) is 0 Å². The van der Waals surface area contributed by atoms with Crippen molar-refractivity contribution in [3.8, 4) is 0 Å². The summed E-state index contributed by atoms with van der Waals surface area (Å²) in [6, 6.07) is 8.22. The lowest BCUT2D eigenvalue weighted by Gasteiger charge is -2.12. The third-order valence-corrected chi connectivity index (χ3v) is 3.26. The van der Waals surface area contributed by atoms with Gasteiger partial charge in [0.15, 0.2) is 0 Å². The zero-order valence-corrected chi connectivity index (χ0v) is 11.9. The number of hydrogen-bond acceptors (Lipinski definition) is 3. The molecule has 19 heavy (non-hydrogen) atoms. The molecule has 1 N–H and O–H groups in total. The molecular weight excluding hydrogens is 234 g/mol.